The molecule has 48 valence electrons. The Morgan fingerprint density at radius 3 is 2.38 bits per heavy atom. The fraction of sp³-hybridized carbons (Fsp3) is 1.00. The van der Waals surface area contributed by atoms with E-state index in [4.69, 9.17) is 4.74 Å². The summed E-state index contributed by atoms with van der Waals surface area (Å²) in [5.41, 5.74) is 0. The summed E-state index contributed by atoms with van der Waals surface area (Å²) < 4.78 is 5.02. The van der Waals surface area contributed by atoms with E-state index in [-0.39, 0.29) is 0 Å². The summed E-state index contributed by atoms with van der Waals surface area (Å²) in [5.74, 6) is 1.80. The van der Waals surface area contributed by atoms with Gasteiger partial charge < -0.3 is 4.74 Å². The Kier molecular flexibility index (Phi) is 1.90. The number of methoxy groups -OCH3 is 1. The van der Waals surface area contributed by atoms with Gasteiger partial charge in [0.1, 0.15) is 0 Å². The highest BCUT2D eigenvalue weighted by molar-refractivity contribution is 4.76. The van der Waals surface area contributed by atoms with Crippen LogP contribution >= 0.6 is 0 Å². The van der Waals surface area contributed by atoms with Gasteiger partial charge in [-0.1, -0.05) is 13.3 Å². The lowest BCUT2D eigenvalue weighted by molar-refractivity contribution is 0.0687. The third-order valence-electron chi connectivity index (χ3n) is 2.18. The highest BCUT2D eigenvalue weighted by atomic mass is 16.5. The van der Waals surface area contributed by atoms with Crippen LogP contribution in [0.5, 0.6) is 0 Å². The summed E-state index contributed by atoms with van der Waals surface area (Å²) in [4.78, 5) is 0. The van der Waals surface area contributed by atoms with E-state index in [9.17, 15) is 0 Å². The van der Waals surface area contributed by atoms with Crippen molar-refractivity contribution in [1.29, 1.82) is 0 Å². The molecule has 1 saturated carbocycles. The monoisotopic (exact) mass is 114 g/mol. The van der Waals surface area contributed by atoms with Crippen LogP contribution in [0.2, 0.25) is 0 Å². The van der Waals surface area contributed by atoms with Crippen LogP contribution < -0.4 is 0 Å². The Hall–Kier alpha value is -0.0400. The first-order valence-corrected chi connectivity index (χ1v) is 3.33. The quantitative estimate of drug-likeness (QED) is 0.530. The highest BCUT2D eigenvalue weighted by Gasteiger charge is 2.25. The molecule has 0 aromatic carbocycles. The van der Waals surface area contributed by atoms with Gasteiger partial charge in [-0.15, -0.1) is 0 Å². The number of hydrogen-bond acceptors (Lipinski definition) is 1. The lowest BCUT2D eigenvalue weighted by Crippen LogP contribution is -2.26. The predicted octanol–water partition coefficient (Wildman–Crippen LogP) is 1.68. The van der Waals surface area contributed by atoms with Crippen molar-refractivity contribution in [2.24, 2.45) is 11.8 Å². The van der Waals surface area contributed by atoms with Gasteiger partial charge in [0.15, 0.2) is 0 Å². The van der Waals surface area contributed by atoms with E-state index >= 15 is 0 Å². The Morgan fingerprint density at radius 2 is 2.25 bits per heavy atom. The lowest BCUT2D eigenvalue weighted by atomic mass is 9.76. The summed E-state index contributed by atoms with van der Waals surface area (Å²) in [6.45, 7) is 3.27. The molecular weight excluding hydrogens is 100 g/mol. The van der Waals surface area contributed by atoms with Crippen LogP contribution in [0.15, 0.2) is 0 Å². The zero-order valence-corrected chi connectivity index (χ0v) is 5.68. The summed E-state index contributed by atoms with van der Waals surface area (Å²) in [6.07, 6.45) is 2.79. The second-order valence-electron chi connectivity index (χ2n) is 2.77. The number of rotatable bonds is 2. The Balaban J connectivity index is 2.08. The SMILES string of the molecule is COC[C@@H]1CC[C@@H]1C. The zero-order chi connectivity index (χ0) is 5.98. The maximum absolute atomic E-state index is 5.02. The molecule has 1 heteroatoms. The molecule has 1 rings (SSSR count). The average Bonchev–Trinajstić information content (AvgIpc) is 1.79. The van der Waals surface area contributed by atoms with Crippen LogP contribution in [0, 0.1) is 11.8 Å². The van der Waals surface area contributed by atoms with E-state index in [1.807, 2.05) is 0 Å². The fourth-order valence-corrected chi connectivity index (χ4v) is 1.20. The van der Waals surface area contributed by atoms with Crippen molar-refractivity contribution in [1.82, 2.24) is 0 Å². The van der Waals surface area contributed by atoms with E-state index < -0.39 is 0 Å². The lowest BCUT2D eigenvalue weighted by Gasteiger charge is -2.32. The molecule has 0 aromatic heterocycles. The molecule has 0 aliphatic heterocycles. The molecule has 0 heterocycles. The summed E-state index contributed by atoms with van der Waals surface area (Å²) in [7, 11) is 1.78. The molecule has 0 radical (unpaired) electrons. The van der Waals surface area contributed by atoms with Gasteiger partial charge >= 0.3 is 0 Å². The van der Waals surface area contributed by atoms with Crippen LogP contribution in [-0.4, -0.2) is 13.7 Å². The molecule has 0 saturated heterocycles. The molecule has 2 atom stereocenters. The van der Waals surface area contributed by atoms with Crippen LogP contribution in [0.4, 0.5) is 0 Å². The van der Waals surface area contributed by atoms with Gasteiger partial charge in [0.2, 0.25) is 0 Å². The van der Waals surface area contributed by atoms with Crippen LogP contribution in [-0.2, 0) is 4.74 Å². The van der Waals surface area contributed by atoms with Crippen molar-refractivity contribution < 1.29 is 4.74 Å². The Labute approximate surface area is 51.0 Å². The van der Waals surface area contributed by atoms with E-state index in [2.05, 4.69) is 6.92 Å². The molecular formula is C7H14O. The van der Waals surface area contributed by atoms with Gasteiger partial charge in [-0.05, 0) is 18.3 Å². The van der Waals surface area contributed by atoms with Crippen molar-refractivity contribution in [2.75, 3.05) is 13.7 Å². The highest BCUT2D eigenvalue weighted by Crippen LogP contribution is 2.33. The average molecular weight is 114 g/mol. The molecule has 0 bridgehead atoms. The molecule has 0 unspecified atom stereocenters. The van der Waals surface area contributed by atoms with Crippen molar-refractivity contribution in [2.45, 2.75) is 19.8 Å². The molecule has 1 aliphatic carbocycles. The van der Waals surface area contributed by atoms with Crippen LogP contribution in [0.1, 0.15) is 19.8 Å². The van der Waals surface area contributed by atoms with Gasteiger partial charge in [-0.2, -0.15) is 0 Å². The van der Waals surface area contributed by atoms with Gasteiger partial charge in [-0.25, -0.2) is 0 Å². The minimum absolute atomic E-state index is 0.875. The minimum atomic E-state index is 0.875. The predicted molar refractivity (Wildman–Crippen MR) is 33.8 cm³/mol. The first-order valence-electron chi connectivity index (χ1n) is 3.33. The first kappa shape index (κ1) is 6.09. The molecule has 0 amide bonds. The third-order valence-corrected chi connectivity index (χ3v) is 2.18. The molecule has 0 aromatic rings. The van der Waals surface area contributed by atoms with E-state index in [0.717, 1.165) is 18.4 Å². The van der Waals surface area contributed by atoms with Crippen molar-refractivity contribution in [3.63, 3.8) is 0 Å². The second-order valence-corrected chi connectivity index (χ2v) is 2.77. The molecule has 1 nitrogen and oxygen atoms in total. The zero-order valence-electron chi connectivity index (χ0n) is 5.68. The first-order chi connectivity index (χ1) is 3.84. The summed E-state index contributed by atoms with van der Waals surface area (Å²) >= 11 is 0. The maximum Gasteiger partial charge on any atom is 0.0493 e. The largest absolute Gasteiger partial charge is 0.384 e. The molecule has 1 fully saturated rings. The standard InChI is InChI=1S/C7H14O/c1-6-3-4-7(6)5-8-2/h6-7H,3-5H2,1-2H3/t6-,7-/m0/s1. The third kappa shape index (κ3) is 1.03. The molecule has 1 aliphatic rings. The van der Waals surface area contributed by atoms with Crippen molar-refractivity contribution >= 4 is 0 Å². The van der Waals surface area contributed by atoms with Crippen LogP contribution in [0.25, 0.3) is 0 Å². The minimum Gasteiger partial charge on any atom is -0.384 e. The fourth-order valence-electron chi connectivity index (χ4n) is 1.20. The Bertz CT molecular complexity index is 70.8. The van der Waals surface area contributed by atoms with E-state index in [0.29, 0.717) is 0 Å². The van der Waals surface area contributed by atoms with Crippen LogP contribution in [0.3, 0.4) is 0 Å². The van der Waals surface area contributed by atoms with Crippen molar-refractivity contribution in [3.8, 4) is 0 Å². The summed E-state index contributed by atoms with van der Waals surface area (Å²) in [5, 5.41) is 0. The van der Waals surface area contributed by atoms with Gasteiger partial charge in [0.25, 0.3) is 0 Å². The molecule has 0 spiro atoms. The summed E-state index contributed by atoms with van der Waals surface area (Å²) in [6, 6.07) is 0. The normalized spacial score (nSPS) is 36.8. The van der Waals surface area contributed by atoms with Gasteiger partial charge in [0, 0.05) is 13.7 Å². The van der Waals surface area contributed by atoms with Gasteiger partial charge in [-0.3, -0.25) is 0 Å². The molecule has 8 heavy (non-hydrogen) atoms. The number of hydrogen-bond donors (Lipinski definition) is 0. The molecule has 0 N–H and O–H groups in total. The van der Waals surface area contributed by atoms with Gasteiger partial charge in [0.05, 0.1) is 0 Å². The number of ether oxygens (including phenoxy) is 1. The maximum atomic E-state index is 5.02. The second kappa shape index (κ2) is 2.49. The topological polar surface area (TPSA) is 9.23 Å². The van der Waals surface area contributed by atoms with E-state index in [1.165, 1.54) is 12.8 Å². The van der Waals surface area contributed by atoms with Crippen molar-refractivity contribution in [3.05, 3.63) is 0 Å². The van der Waals surface area contributed by atoms with E-state index in [1.54, 1.807) is 7.11 Å². The Morgan fingerprint density at radius 1 is 1.50 bits per heavy atom. The smallest absolute Gasteiger partial charge is 0.0493 e.